The molecule has 5 nitrogen and oxygen atoms in total. The van der Waals surface area contributed by atoms with Gasteiger partial charge in [-0.1, -0.05) is 66.4 Å². The zero-order chi connectivity index (χ0) is 23.8. The van der Waals surface area contributed by atoms with Crippen LogP contribution in [-0.4, -0.2) is 35.4 Å². The number of aryl methyl sites for hydroxylation is 2. The lowest BCUT2D eigenvalue weighted by atomic mass is 9.95. The number of carbonyl (C=O) groups excluding carboxylic acids is 2. The quantitative estimate of drug-likeness (QED) is 0.466. The van der Waals surface area contributed by atoms with E-state index in [0.717, 1.165) is 46.8 Å². The van der Waals surface area contributed by atoms with Gasteiger partial charge < -0.3 is 15.0 Å². The fourth-order valence-corrected chi connectivity index (χ4v) is 4.62. The minimum atomic E-state index is -0.533. The van der Waals surface area contributed by atoms with E-state index in [2.05, 4.69) is 21.2 Å². The lowest BCUT2D eigenvalue weighted by molar-refractivity contribution is -0.143. The van der Waals surface area contributed by atoms with Crippen molar-refractivity contribution in [1.29, 1.82) is 0 Å². The van der Waals surface area contributed by atoms with Gasteiger partial charge >= 0.3 is 0 Å². The first-order chi connectivity index (χ1) is 15.9. The molecule has 3 rings (SSSR count). The Morgan fingerprint density at radius 1 is 1.09 bits per heavy atom. The fourth-order valence-electron chi connectivity index (χ4n) is 4.37. The molecule has 0 bridgehead atoms. The van der Waals surface area contributed by atoms with E-state index >= 15 is 0 Å². The first-order valence-corrected chi connectivity index (χ1v) is 12.7. The highest BCUT2D eigenvalue weighted by Crippen LogP contribution is 2.23. The molecule has 6 heteroatoms. The molecule has 0 spiro atoms. The molecule has 0 aliphatic heterocycles. The summed E-state index contributed by atoms with van der Waals surface area (Å²) in [4.78, 5) is 28.3. The van der Waals surface area contributed by atoms with Gasteiger partial charge in [0.05, 0.1) is 0 Å². The van der Waals surface area contributed by atoms with Crippen molar-refractivity contribution in [3.05, 3.63) is 63.6 Å². The summed E-state index contributed by atoms with van der Waals surface area (Å²) in [6.07, 6.45) is 6.10. The second-order valence-corrected chi connectivity index (χ2v) is 9.77. The predicted molar refractivity (Wildman–Crippen MR) is 135 cm³/mol. The Hall–Kier alpha value is -2.34. The molecular weight excluding hydrogens is 480 g/mol. The summed E-state index contributed by atoms with van der Waals surface area (Å²) in [6.45, 7) is 6.24. The summed E-state index contributed by atoms with van der Waals surface area (Å²) in [5, 5.41) is 3.21. The second-order valence-electron chi connectivity index (χ2n) is 8.92. The van der Waals surface area contributed by atoms with E-state index < -0.39 is 6.04 Å². The number of hydrogen-bond acceptors (Lipinski definition) is 3. The lowest BCUT2D eigenvalue weighted by Crippen LogP contribution is -2.52. The van der Waals surface area contributed by atoms with E-state index in [4.69, 9.17) is 4.74 Å². The van der Waals surface area contributed by atoms with Crippen LogP contribution < -0.4 is 10.1 Å². The minimum absolute atomic E-state index is 0.0641. The van der Waals surface area contributed by atoms with Crippen molar-refractivity contribution < 1.29 is 14.3 Å². The molecule has 1 atom stereocenters. The van der Waals surface area contributed by atoms with Crippen LogP contribution in [0.4, 0.5) is 0 Å². The third-order valence-corrected chi connectivity index (χ3v) is 7.32. The van der Waals surface area contributed by atoms with Gasteiger partial charge in [-0.2, -0.15) is 0 Å². The number of benzene rings is 2. The molecule has 0 heterocycles. The molecule has 0 aromatic heterocycles. The molecule has 0 saturated heterocycles. The van der Waals surface area contributed by atoms with E-state index in [9.17, 15) is 9.59 Å². The number of ether oxygens (including phenoxy) is 1. The SMILES string of the molecule is CC[C@@H](C(=O)NC1CCCCC1)N(Cc1ccccc1C)C(=O)COc1ccc(Br)c(C)c1. The summed E-state index contributed by atoms with van der Waals surface area (Å²) in [7, 11) is 0. The van der Waals surface area contributed by atoms with Crippen LogP contribution in [0.3, 0.4) is 0 Å². The van der Waals surface area contributed by atoms with Crippen molar-refractivity contribution in [2.45, 2.75) is 77.9 Å². The Kier molecular flexibility index (Phi) is 9.36. The van der Waals surface area contributed by atoms with Crippen molar-refractivity contribution >= 4 is 27.7 Å². The third kappa shape index (κ3) is 7.07. The highest BCUT2D eigenvalue weighted by atomic mass is 79.9. The molecule has 1 fully saturated rings. The Labute approximate surface area is 206 Å². The zero-order valence-corrected chi connectivity index (χ0v) is 21.5. The number of hydrogen-bond donors (Lipinski definition) is 1. The van der Waals surface area contributed by atoms with Gasteiger partial charge in [-0.05, 0) is 68.0 Å². The van der Waals surface area contributed by atoms with Crippen LogP contribution in [0, 0.1) is 13.8 Å². The average Bonchev–Trinajstić information content (AvgIpc) is 2.81. The third-order valence-electron chi connectivity index (χ3n) is 6.43. The summed E-state index contributed by atoms with van der Waals surface area (Å²) in [6, 6.07) is 13.3. The van der Waals surface area contributed by atoms with Crippen molar-refractivity contribution in [3.63, 3.8) is 0 Å². The summed E-state index contributed by atoms with van der Waals surface area (Å²) < 4.78 is 6.83. The molecular formula is C27H35BrN2O3. The first kappa shape index (κ1) is 25.3. The van der Waals surface area contributed by atoms with Gasteiger partial charge in [0.2, 0.25) is 5.91 Å². The van der Waals surface area contributed by atoms with Crippen LogP contribution in [0.15, 0.2) is 46.9 Å². The van der Waals surface area contributed by atoms with Gasteiger partial charge in [0.1, 0.15) is 11.8 Å². The van der Waals surface area contributed by atoms with Crippen molar-refractivity contribution in [3.8, 4) is 5.75 Å². The molecule has 0 radical (unpaired) electrons. The molecule has 1 saturated carbocycles. The maximum absolute atomic E-state index is 13.4. The fraction of sp³-hybridized carbons (Fsp3) is 0.481. The van der Waals surface area contributed by atoms with E-state index in [-0.39, 0.29) is 24.5 Å². The van der Waals surface area contributed by atoms with Gasteiger partial charge in [0, 0.05) is 17.1 Å². The molecule has 1 aliphatic carbocycles. The summed E-state index contributed by atoms with van der Waals surface area (Å²) in [5.41, 5.74) is 3.17. The van der Waals surface area contributed by atoms with Gasteiger partial charge in [-0.15, -0.1) is 0 Å². The van der Waals surface area contributed by atoms with Crippen LogP contribution >= 0.6 is 15.9 Å². The molecule has 2 aromatic carbocycles. The molecule has 2 amide bonds. The van der Waals surface area contributed by atoms with Crippen LogP contribution in [0.25, 0.3) is 0 Å². The van der Waals surface area contributed by atoms with Crippen molar-refractivity contribution in [2.24, 2.45) is 0 Å². The van der Waals surface area contributed by atoms with E-state index in [1.165, 1.54) is 6.42 Å². The molecule has 33 heavy (non-hydrogen) atoms. The number of amides is 2. The van der Waals surface area contributed by atoms with Crippen molar-refractivity contribution in [1.82, 2.24) is 10.2 Å². The standard InChI is InChI=1S/C27H35BrN2O3/c1-4-25(27(32)29-22-12-6-5-7-13-22)30(17-21-11-9-8-10-19(21)2)26(31)18-33-23-14-15-24(28)20(3)16-23/h8-11,14-16,22,25H,4-7,12-13,17-18H2,1-3H3,(H,29,32)/t25-/m0/s1. The molecule has 1 aliphatic rings. The number of carbonyl (C=O) groups is 2. The first-order valence-electron chi connectivity index (χ1n) is 11.9. The number of nitrogens with one attached hydrogen (secondary N) is 1. The maximum atomic E-state index is 13.4. The van der Waals surface area contributed by atoms with E-state index in [1.54, 1.807) is 4.90 Å². The number of rotatable bonds is 9. The Morgan fingerprint density at radius 2 is 1.82 bits per heavy atom. The molecule has 178 valence electrons. The van der Waals surface area contributed by atoms with Gasteiger partial charge in [0.25, 0.3) is 5.91 Å². The average molecular weight is 515 g/mol. The minimum Gasteiger partial charge on any atom is -0.484 e. The predicted octanol–water partition coefficient (Wildman–Crippen LogP) is 5.70. The highest BCUT2D eigenvalue weighted by Gasteiger charge is 2.30. The maximum Gasteiger partial charge on any atom is 0.261 e. The van der Waals surface area contributed by atoms with Crippen molar-refractivity contribution in [2.75, 3.05) is 6.61 Å². The Bertz CT molecular complexity index is 956. The smallest absolute Gasteiger partial charge is 0.261 e. The number of halogens is 1. The van der Waals surface area contributed by atoms with Crippen LogP contribution in [0.5, 0.6) is 5.75 Å². The van der Waals surface area contributed by atoms with Crippen LogP contribution in [-0.2, 0) is 16.1 Å². The zero-order valence-electron chi connectivity index (χ0n) is 19.9. The monoisotopic (exact) mass is 514 g/mol. The lowest BCUT2D eigenvalue weighted by Gasteiger charge is -2.33. The second kappa shape index (κ2) is 12.2. The molecule has 1 N–H and O–H groups in total. The number of nitrogens with zero attached hydrogens (tertiary/aromatic N) is 1. The topological polar surface area (TPSA) is 58.6 Å². The summed E-state index contributed by atoms with van der Waals surface area (Å²) in [5.74, 6) is 0.384. The molecule has 0 unspecified atom stereocenters. The molecule has 2 aromatic rings. The van der Waals surface area contributed by atoms with Gasteiger partial charge in [-0.25, -0.2) is 0 Å². The van der Waals surface area contributed by atoms with Gasteiger partial charge in [0.15, 0.2) is 6.61 Å². The summed E-state index contributed by atoms with van der Waals surface area (Å²) >= 11 is 3.49. The van der Waals surface area contributed by atoms with Crippen LogP contribution in [0.2, 0.25) is 0 Å². The normalized spacial score (nSPS) is 15.0. The van der Waals surface area contributed by atoms with Gasteiger partial charge in [-0.3, -0.25) is 9.59 Å². The highest BCUT2D eigenvalue weighted by molar-refractivity contribution is 9.10. The van der Waals surface area contributed by atoms with E-state index in [1.807, 2.05) is 63.2 Å². The van der Waals surface area contributed by atoms with E-state index in [0.29, 0.717) is 18.7 Å². The Balaban J connectivity index is 1.77. The van der Waals surface area contributed by atoms with Crippen LogP contribution in [0.1, 0.15) is 62.1 Å². The Morgan fingerprint density at radius 3 is 2.48 bits per heavy atom. The largest absolute Gasteiger partial charge is 0.484 e.